The average molecular weight is 333 g/mol. The first-order valence-corrected chi connectivity index (χ1v) is 8.84. The van der Waals surface area contributed by atoms with Crippen LogP contribution in [0.4, 0.5) is 5.69 Å². The molecular formula is C14H21ClN2O3S. The predicted octanol–water partition coefficient (Wildman–Crippen LogP) is 2.14. The van der Waals surface area contributed by atoms with E-state index in [0.717, 1.165) is 12.8 Å². The summed E-state index contributed by atoms with van der Waals surface area (Å²) < 4.78 is 27.8. The SMILES string of the molecule is CC1CCC(CO)(NS(=O)(=O)c2cc(N)ccc2Cl)CC1. The van der Waals surface area contributed by atoms with Gasteiger partial charge >= 0.3 is 0 Å². The fraction of sp³-hybridized carbons (Fsp3) is 0.571. The molecule has 0 radical (unpaired) electrons. The lowest BCUT2D eigenvalue weighted by Crippen LogP contribution is -2.53. The molecule has 0 atom stereocenters. The molecule has 1 aromatic carbocycles. The Balaban J connectivity index is 2.29. The van der Waals surface area contributed by atoms with Gasteiger partial charge in [-0.1, -0.05) is 18.5 Å². The molecule has 0 aliphatic heterocycles. The second kappa shape index (κ2) is 6.12. The highest BCUT2D eigenvalue weighted by Crippen LogP contribution is 2.34. The van der Waals surface area contributed by atoms with Crippen LogP contribution in [0.5, 0.6) is 0 Å². The molecule has 4 N–H and O–H groups in total. The van der Waals surface area contributed by atoms with Gasteiger partial charge in [-0.25, -0.2) is 13.1 Å². The smallest absolute Gasteiger partial charge is 0.242 e. The van der Waals surface area contributed by atoms with E-state index in [9.17, 15) is 13.5 Å². The summed E-state index contributed by atoms with van der Waals surface area (Å²) in [7, 11) is -3.82. The van der Waals surface area contributed by atoms with E-state index in [1.807, 2.05) is 0 Å². The maximum absolute atomic E-state index is 12.6. The quantitative estimate of drug-likeness (QED) is 0.736. The highest BCUT2D eigenvalue weighted by atomic mass is 35.5. The van der Waals surface area contributed by atoms with Crippen LogP contribution in [-0.4, -0.2) is 25.7 Å². The molecule has 0 aromatic heterocycles. The molecule has 1 aliphatic carbocycles. The number of nitrogens with one attached hydrogen (secondary N) is 1. The Morgan fingerprint density at radius 3 is 2.62 bits per heavy atom. The van der Waals surface area contributed by atoms with Gasteiger partial charge in [0.05, 0.1) is 17.2 Å². The van der Waals surface area contributed by atoms with Crippen LogP contribution in [0.2, 0.25) is 5.02 Å². The number of hydrogen-bond donors (Lipinski definition) is 3. The van der Waals surface area contributed by atoms with Crippen molar-refractivity contribution < 1.29 is 13.5 Å². The molecule has 0 bridgehead atoms. The van der Waals surface area contributed by atoms with Crippen LogP contribution in [0.25, 0.3) is 0 Å². The molecule has 0 spiro atoms. The molecule has 0 saturated heterocycles. The lowest BCUT2D eigenvalue weighted by atomic mass is 9.78. The number of aliphatic hydroxyl groups excluding tert-OH is 1. The molecule has 0 unspecified atom stereocenters. The van der Waals surface area contributed by atoms with Crippen LogP contribution < -0.4 is 10.5 Å². The Morgan fingerprint density at radius 1 is 1.43 bits per heavy atom. The zero-order chi connectivity index (χ0) is 15.7. The maximum Gasteiger partial charge on any atom is 0.242 e. The fourth-order valence-corrected chi connectivity index (χ4v) is 4.66. The van der Waals surface area contributed by atoms with E-state index in [-0.39, 0.29) is 16.5 Å². The third-order valence-corrected chi connectivity index (χ3v) is 6.19. The molecule has 1 aliphatic rings. The van der Waals surface area contributed by atoms with E-state index in [1.165, 1.54) is 12.1 Å². The van der Waals surface area contributed by atoms with E-state index in [1.54, 1.807) is 6.07 Å². The standard InChI is InChI=1S/C14H21ClN2O3S/c1-10-4-6-14(9-18,7-5-10)17-21(19,20)13-8-11(16)2-3-12(13)15/h2-3,8,10,17-18H,4-7,9,16H2,1H3. The average Bonchev–Trinajstić information content (AvgIpc) is 2.44. The first kappa shape index (κ1) is 16.5. The maximum atomic E-state index is 12.6. The third kappa shape index (κ3) is 3.69. The van der Waals surface area contributed by atoms with E-state index in [0.29, 0.717) is 24.4 Å². The number of aliphatic hydroxyl groups is 1. The minimum atomic E-state index is -3.82. The summed E-state index contributed by atoms with van der Waals surface area (Å²) in [5.41, 5.74) is 5.16. The number of anilines is 1. The highest BCUT2D eigenvalue weighted by Gasteiger charge is 2.38. The number of benzene rings is 1. The van der Waals surface area contributed by atoms with Crippen LogP contribution in [0.1, 0.15) is 32.6 Å². The topological polar surface area (TPSA) is 92.4 Å². The van der Waals surface area contributed by atoms with Gasteiger partial charge in [-0.2, -0.15) is 0 Å². The van der Waals surface area contributed by atoms with E-state index >= 15 is 0 Å². The van der Waals surface area contributed by atoms with Gasteiger partial charge in [0.15, 0.2) is 0 Å². The largest absolute Gasteiger partial charge is 0.399 e. The number of sulfonamides is 1. The lowest BCUT2D eigenvalue weighted by molar-refractivity contribution is 0.125. The minimum Gasteiger partial charge on any atom is -0.399 e. The van der Waals surface area contributed by atoms with Gasteiger partial charge in [-0.15, -0.1) is 0 Å². The normalized spacial score (nSPS) is 26.7. The number of nitrogen functional groups attached to an aromatic ring is 1. The second-order valence-electron chi connectivity index (χ2n) is 5.92. The zero-order valence-electron chi connectivity index (χ0n) is 12.0. The Kier molecular flexibility index (Phi) is 4.82. The number of nitrogens with two attached hydrogens (primary N) is 1. The van der Waals surface area contributed by atoms with Crippen molar-refractivity contribution in [1.82, 2.24) is 4.72 Å². The third-order valence-electron chi connectivity index (χ3n) is 4.13. The van der Waals surface area contributed by atoms with Gasteiger partial charge in [0.1, 0.15) is 4.90 Å². The summed E-state index contributed by atoms with van der Waals surface area (Å²) in [5, 5.41) is 9.80. The van der Waals surface area contributed by atoms with E-state index in [2.05, 4.69) is 11.6 Å². The van der Waals surface area contributed by atoms with Crippen molar-refractivity contribution in [1.29, 1.82) is 0 Å². The van der Waals surface area contributed by atoms with E-state index in [4.69, 9.17) is 17.3 Å². The Labute approximate surface area is 130 Å². The van der Waals surface area contributed by atoms with Crippen LogP contribution in [0, 0.1) is 5.92 Å². The highest BCUT2D eigenvalue weighted by molar-refractivity contribution is 7.89. The first-order chi connectivity index (χ1) is 9.78. The summed E-state index contributed by atoms with van der Waals surface area (Å²) in [6.45, 7) is 1.91. The summed E-state index contributed by atoms with van der Waals surface area (Å²) in [5.74, 6) is 0.546. The first-order valence-electron chi connectivity index (χ1n) is 6.98. The Morgan fingerprint density at radius 2 is 2.05 bits per heavy atom. The molecule has 0 heterocycles. The van der Waals surface area contributed by atoms with Crippen LogP contribution in [0.3, 0.4) is 0 Å². The molecule has 118 valence electrons. The Bertz CT molecular complexity index is 611. The number of rotatable bonds is 4. The molecule has 21 heavy (non-hydrogen) atoms. The van der Waals surface area contributed by atoms with Crippen LogP contribution >= 0.6 is 11.6 Å². The number of hydrogen-bond acceptors (Lipinski definition) is 4. The second-order valence-corrected chi connectivity index (χ2v) is 7.97. The summed E-state index contributed by atoms with van der Waals surface area (Å²) in [4.78, 5) is -0.0457. The summed E-state index contributed by atoms with van der Waals surface area (Å²) >= 11 is 5.97. The van der Waals surface area contributed by atoms with Gasteiger partial charge in [-0.3, -0.25) is 0 Å². The lowest BCUT2D eigenvalue weighted by Gasteiger charge is -2.38. The fourth-order valence-electron chi connectivity index (χ4n) is 2.67. The minimum absolute atomic E-state index is 0.0457. The van der Waals surface area contributed by atoms with Gasteiger partial charge in [0.25, 0.3) is 0 Å². The van der Waals surface area contributed by atoms with Crippen molar-refractivity contribution in [3.8, 4) is 0 Å². The van der Waals surface area contributed by atoms with Crippen LogP contribution in [0.15, 0.2) is 23.1 Å². The van der Waals surface area contributed by atoms with Gasteiger partial charge in [-0.05, 0) is 49.8 Å². The molecule has 1 fully saturated rings. The summed E-state index contributed by atoms with van der Waals surface area (Å²) in [6.07, 6.45) is 3.00. The molecular weight excluding hydrogens is 312 g/mol. The van der Waals surface area contributed by atoms with Gasteiger partial charge in [0, 0.05) is 5.69 Å². The van der Waals surface area contributed by atoms with E-state index < -0.39 is 15.6 Å². The van der Waals surface area contributed by atoms with Crippen molar-refractivity contribution in [2.45, 2.75) is 43.0 Å². The van der Waals surface area contributed by atoms with Crippen molar-refractivity contribution in [2.75, 3.05) is 12.3 Å². The number of halogens is 1. The van der Waals surface area contributed by atoms with Crippen molar-refractivity contribution >= 4 is 27.3 Å². The molecule has 1 saturated carbocycles. The van der Waals surface area contributed by atoms with Gasteiger partial charge < -0.3 is 10.8 Å². The van der Waals surface area contributed by atoms with Gasteiger partial charge in [0.2, 0.25) is 10.0 Å². The summed E-state index contributed by atoms with van der Waals surface area (Å²) in [6, 6.07) is 4.34. The van der Waals surface area contributed by atoms with Crippen molar-refractivity contribution in [2.24, 2.45) is 5.92 Å². The van der Waals surface area contributed by atoms with Crippen molar-refractivity contribution in [3.05, 3.63) is 23.2 Å². The molecule has 7 heteroatoms. The van der Waals surface area contributed by atoms with Crippen LogP contribution in [-0.2, 0) is 10.0 Å². The molecule has 5 nitrogen and oxygen atoms in total. The Hall–Kier alpha value is -0.820. The molecule has 1 aromatic rings. The monoisotopic (exact) mass is 332 g/mol. The molecule has 0 amide bonds. The van der Waals surface area contributed by atoms with Crippen molar-refractivity contribution in [3.63, 3.8) is 0 Å². The molecule has 2 rings (SSSR count). The zero-order valence-corrected chi connectivity index (χ0v) is 13.5. The predicted molar refractivity (Wildman–Crippen MR) is 83.6 cm³/mol.